The molecule has 0 unspecified atom stereocenters. The molecule has 5 nitrogen and oxygen atoms in total. The van der Waals surface area contributed by atoms with Crippen molar-refractivity contribution in [2.75, 3.05) is 5.32 Å². The number of amides is 3. The summed E-state index contributed by atoms with van der Waals surface area (Å²) in [5.74, 6) is -0.266. The number of hydrogen-bond acceptors (Lipinski definition) is 3. The van der Waals surface area contributed by atoms with Crippen LogP contribution in [0.1, 0.15) is 12.0 Å². The van der Waals surface area contributed by atoms with Crippen molar-refractivity contribution in [2.45, 2.75) is 18.9 Å². The third-order valence-electron chi connectivity index (χ3n) is 7.77. The quantitative estimate of drug-likeness (QED) is 0.502. The van der Waals surface area contributed by atoms with Gasteiger partial charge < -0.3 is 5.32 Å². The van der Waals surface area contributed by atoms with Crippen molar-refractivity contribution in [3.8, 4) is 0 Å². The Morgan fingerprint density at radius 1 is 0.939 bits per heavy atom. The van der Waals surface area contributed by atoms with Crippen LogP contribution in [-0.2, 0) is 20.8 Å². The Bertz CT molecular complexity index is 1160. The van der Waals surface area contributed by atoms with Gasteiger partial charge >= 0.3 is 0 Å². The molecule has 5 aliphatic rings. The lowest BCUT2D eigenvalue weighted by Gasteiger charge is -2.37. The fraction of sp³-hybridized carbons (Fsp3) is 0.346. The predicted molar refractivity (Wildman–Crippen MR) is 126 cm³/mol. The molecule has 1 heterocycles. The van der Waals surface area contributed by atoms with Crippen LogP contribution in [0.2, 0.25) is 10.0 Å². The van der Waals surface area contributed by atoms with Crippen LogP contribution in [0.5, 0.6) is 0 Å². The predicted octanol–water partition coefficient (Wildman–Crippen LogP) is 4.60. The smallest absolute Gasteiger partial charge is 0.248 e. The fourth-order valence-electron chi connectivity index (χ4n) is 6.23. The summed E-state index contributed by atoms with van der Waals surface area (Å²) in [6.45, 7) is 0. The number of likely N-dealkylation sites (tertiary alicyclic amines) is 1. The lowest BCUT2D eigenvalue weighted by Crippen LogP contribution is -2.49. The van der Waals surface area contributed by atoms with Crippen LogP contribution in [-0.4, -0.2) is 28.7 Å². The first-order chi connectivity index (χ1) is 15.9. The summed E-state index contributed by atoms with van der Waals surface area (Å²) in [5, 5.41) is 3.54. The van der Waals surface area contributed by atoms with E-state index in [1.54, 1.807) is 18.2 Å². The molecule has 0 spiro atoms. The van der Waals surface area contributed by atoms with Gasteiger partial charge in [-0.1, -0.05) is 65.7 Å². The second-order valence-corrected chi connectivity index (χ2v) is 10.3. The molecule has 0 aromatic heterocycles. The molecule has 1 saturated heterocycles. The maximum atomic E-state index is 13.6. The van der Waals surface area contributed by atoms with Gasteiger partial charge in [-0.05, 0) is 53.9 Å². The highest BCUT2D eigenvalue weighted by atomic mass is 35.5. The van der Waals surface area contributed by atoms with E-state index >= 15 is 0 Å². The minimum absolute atomic E-state index is 0.113. The number of benzene rings is 2. The van der Waals surface area contributed by atoms with Gasteiger partial charge in [-0.3, -0.25) is 19.3 Å². The number of hydrogen-bond donors (Lipinski definition) is 1. The average molecular weight is 481 g/mol. The summed E-state index contributed by atoms with van der Waals surface area (Å²) in [6, 6.07) is 13.3. The molecule has 7 heteroatoms. The molecule has 0 radical (unpaired) electrons. The monoisotopic (exact) mass is 480 g/mol. The number of imide groups is 1. The zero-order chi connectivity index (χ0) is 22.9. The number of carbonyl (C=O) groups excluding carboxylic acids is 3. The van der Waals surface area contributed by atoms with E-state index in [4.69, 9.17) is 23.2 Å². The van der Waals surface area contributed by atoms with Crippen molar-refractivity contribution >= 4 is 46.6 Å². The second kappa shape index (κ2) is 7.71. The number of anilines is 1. The van der Waals surface area contributed by atoms with Gasteiger partial charge in [0, 0.05) is 12.1 Å². The minimum atomic E-state index is -0.941. The summed E-state index contributed by atoms with van der Waals surface area (Å²) in [6.07, 6.45) is 5.62. The van der Waals surface area contributed by atoms with Crippen molar-refractivity contribution in [3.63, 3.8) is 0 Å². The number of carbonyl (C=O) groups is 3. The highest BCUT2D eigenvalue weighted by Gasteiger charge is 2.67. The second-order valence-electron chi connectivity index (χ2n) is 9.52. The summed E-state index contributed by atoms with van der Waals surface area (Å²) in [7, 11) is 0. The number of rotatable bonds is 5. The third-order valence-corrected chi connectivity index (χ3v) is 8.51. The van der Waals surface area contributed by atoms with Crippen LogP contribution in [0, 0.1) is 35.5 Å². The zero-order valence-electron chi connectivity index (χ0n) is 17.7. The molecule has 2 aromatic carbocycles. The van der Waals surface area contributed by atoms with Crippen LogP contribution in [0.3, 0.4) is 0 Å². The van der Waals surface area contributed by atoms with Crippen molar-refractivity contribution in [1.82, 2.24) is 4.90 Å². The zero-order valence-corrected chi connectivity index (χ0v) is 19.2. The summed E-state index contributed by atoms with van der Waals surface area (Å²) in [5.41, 5.74) is 1.35. The van der Waals surface area contributed by atoms with Gasteiger partial charge in [0.2, 0.25) is 17.7 Å². The van der Waals surface area contributed by atoms with Crippen molar-refractivity contribution in [3.05, 3.63) is 76.3 Å². The highest BCUT2D eigenvalue weighted by Crippen LogP contribution is 2.65. The van der Waals surface area contributed by atoms with Crippen LogP contribution in [0.15, 0.2) is 60.7 Å². The number of nitrogens with one attached hydrogen (secondary N) is 1. The number of halogens is 2. The molecule has 33 heavy (non-hydrogen) atoms. The van der Waals surface area contributed by atoms with Gasteiger partial charge in [0.1, 0.15) is 6.04 Å². The van der Waals surface area contributed by atoms with E-state index in [2.05, 4.69) is 17.5 Å². The molecule has 3 fully saturated rings. The topological polar surface area (TPSA) is 66.5 Å². The first-order valence-corrected chi connectivity index (χ1v) is 12.0. The molecule has 2 aromatic rings. The van der Waals surface area contributed by atoms with Crippen LogP contribution in [0.4, 0.5) is 5.69 Å². The van der Waals surface area contributed by atoms with Crippen LogP contribution in [0.25, 0.3) is 0 Å². The lowest BCUT2D eigenvalue weighted by atomic mass is 9.63. The van der Waals surface area contributed by atoms with Gasteiger partial charge in [0.25, 0.3) is 0 Å². The minimum Gasteiger partial charge on any atom is -0.324 e. The van der Waals surface area contributed by atoms with E-state index < -0.39 is 11.9 Å². The van der Waals surface area contributed by atoms with Gasteiger partial charge in [0.15, 0.2) is 0 Å². The maximum Gasteiger partial charge on any atom is 0.248 e. The molecule has 1 N–H and O–H groups in total. The first-order valence-electron chi connectivity index (χ1n) is 11.3. The highest BCUT2D eigenvalue weighted by molar-refractivity contribution is 6.42. The summed E-state index contributed by atoms with van der Waals surface area (Å²) in [4.78, 5) is 42.0. The van der Waals surface area contributed by atoms with E-state index in [0.29, 0.717) is 27.6 Å². The lowest BCUT2D eigenvalue weighted by molar-refractivity contribution is -0.146. The largest absolute Gasteiger partial charge is 0.324 e. The molecule has 7 rings (SSSR count). The van der Waals surface area contributed by atoms with E-state index in [-0.39, 0.29) is 41.9 Å². The van der Waals surface area contributed by atoms with E-state index in [0.717, 1.165) is 12.0 Å². The third kappa shape index (κ3) is 3.32. The molecule has 2 saturated carbocycles. The van der Waals surface area contributed by atoms with E-state index in [9.17, 15) is 14.4 Å². The Morgan fingerprint density at radius 3 is 2.18 bits per heavy atom. The van der Waals surface area contributed by atoms with Gasteiger partial charge in [-0.25, -0.2) is 0 Å². The first kappa shape index (κ1) is 20.9. The SMILES string of the molecule is O=C(Nc1ccc(Cl)c(Cl)c1)[C@H](Cc1ccccc1)N1C(=O)[C@H]2[C@@H]3C=C[C@H]([C@H]4C[C@H]34)[C@@H]2C1=O. The Balaban J connectivity index is 1.33. The summed E-state index contributed by atoms with van der Waals surface area (Å²) < 4.78 is 0. The Hall–Kier alpha value is -2.63. The normalized spacial score (nSPS) is 31.9. The molecule has 4 aliphatic carbocycles. The molecule has 2 bridgehead atoms. The molecule has 1 aliphatic heterocycles. The maximum absolute atomic E-state index is 13.6. The Kier molecular flexibility index (Phi) is 4.89. The Labute approximate surface area is 201 Å². The number of allylic oxidation sites excluding steroid dienone is 2. The van der Waals surface area contributed by atoms with E-state index in [1.165, 1.54) is 4.90 Å². The van der Waals surface area contributed by atoms with E-state index in [1.807, 2.05) is 30.3 Å². The van der Waals surface area contributed by atoms with Crippen molar-refractivity contribution < 1.29 is 14.4 Å². The van der Waals surface area contributed by atoms with Crippen LogP contribution < -0.4 is 5.32 Å². The molecular formula is C26H22Cl2N2O3. The van der Waals surface area contributed by atoms with Gasteiger partial charge in [-0.15, -0.1) is 0 Å². The van der Waals surface area contributed by atoms with Gasteiger partial charge in [0.05, 0.1) is 21.9 Å². The molecule has 3 amide bonds. The van der Waals surface area contributed by atoms with Crippen molar-refractivity contribution in [2.24, 2.45) is 35.5 Å². The van der Waals surface area contributed by atoms with Crippen LogP contribution >= 0.6 is 23.2 Å². The van der Waals surface area contributed by atoms with Crippen molar-refractivity contribution in [1.29, 1.82) is 0 Å². The standard InChI is InChI=1S/C26H22Cl2N2O3/c27-19-9-6-14(11-20(19)28)29-24(31)21(10-13-4-2-1-3-5-13)30-25(32)22-15-7-8-16(18-12-17(15)18)23(22)26(30)33/h1-9,11,15-18,21-23H,10,12H2,(H,29,31)/t15-,16-,17-,18-,21+,22+,23+/m1/s1. The fourth-order valence-corrected chi connectivity index (χ4v) is 6.52. The average Bonchev–Trinajstić information content (AvgIpc) is 3.59. The number of nitrogens with zero attached hydrogens (tertiary/aromatic N) is 1. The van der Waals surface area contributed by atoms with Gasteiger partial charge in [-0.2, -0.15) is 0 Å². The Morgan fingerprint density at radius 2 is 1.58 bits per heavy atom. The molecular weight excluding hydrogens is 459 g/mol. The summed E-state index contributed by atoms with van der Waals surface area (Å²) >= 11 is 12.1. The molecule has 7 atom stereocenters. The molecule has 168 valence electrons.